The van der Waals surface area contributed by atoms with Crippen LogP contribution >= 0.6 is 0 Å². The molecular weight excluding hydrogens is 212 g/mol. The summed E-state index contributed by atoms with van der Waals surface area (Å²) in [4.78, 5) is 11.4. The largest absolute Gasteiger partial charge is 0.465 e. The summed E-state index contributed by atoms with van der Waals surface area (Å²) in [6, 6.07) is 1.60. The molecule has 0 unspecified atom stereocenters. The van der Waals surface area contributed by atoms with Crippen LogP contribution < -0.4 is 10.1 Å². The van der Waals surface area contributed by atoms with E-state index in [9.17, 15) is 4.79 Å². The van der Waals surface area contributed by atoms with Crippen LogP contribution in [0.3, 0.4) is 0 Å². The van der Waals surface area contributed by atoms with Crippen molar-refractivity contribution in [2.45, 2.75) is 6.92 Å². The predicted octanol–water partition coefficient (Wildman–Crippen LogP) is 0.724. The van der Waals surface area contributed by atoms with Gasteiger partial charge in [0.1, 0.15) is 5.76 Å². The molecule has 0 bridgehead atoms. The molecular formula is C9H10N4O3. The Morgan fingerprint density at radius 1 is 1.69 bits per heavy atom. The second-order valence-corrected chi connectivity index (χ2v) is 3.10. The monoisotopic (exact) mass is 222 g/mol. The van der Waals surface area contributed by atoms with Gasteiger partial charge in [-0.2, -0.15) is 5.10 Å². The summed E-state index contributed by atoms with van der Waals surface area (Å²) in [5, 5.41) is 12.4. The fourth-order valence-electron chi connectivity index (χ4n) is 1.07. The van der Waals surface area contributed by atoms with Crippen LogP contribution in [0.5, 0.6) is 5.88 Å². The van der Waals surface area contributed by atoms with Crippen molar-refractivity contribution in [3.63, 3.8) is 0 Å². The summed E-state index contributed by atoms with van der Waals surface area (Å²) in [6.45, 7) is 1.61. The molecule has 0 atom stereocenters. The SMILES string of the molecule is Cc1cc(OCC(=O)Nc2cn[nH]c2)no1. The molecule has 0 fully saturated rings. The highest BCUT2D eigenvalue weighted by molar-refractivity contribution is 5.91. The van der Waals surface area contributed by atoms with Gasteiger partial charge in [0.15, 0.2) is 6.61 Å². The fraction of sp³-hybridized carbons (Fsp3) is 0.222. The van der Waals surface area contributed by atoms with E-state index in [-0.39, 0.29) is 12.5 Å². The van der Waals surface area contributed by atoms with Gasteiger partial charge in [-0.25, -0.2) is 0 Å². The van der Waals surface area contributed by atoms with Crippen molar-refractivity contribution in [3.8, 4) is 5.88 Å². The first kappa shape index (κ1) is 10.2. The van der Waals surface area contributed by atoms with Gasteiger partial charge < -0.3 is 14.6 Å². The molecule has 84 valence electrons. The normalized spacial score (nSPS) is 10.1. The molecule has 16 heavy (non-hydrogen) atoms. The Hall–Kier alpha value is -2.31. The van der Waals surface area contributed by atoms with Crippen molar-refractivity contribution < 1.29 is 14.1 Å². The Morgan fingerprint density at radius 2 is 2.56 bits per heavy atom. The van der Waals surface area contributed by atoms with E-state index in [1.54, 1.807) is 19.2 Å². The van der Waals surface area contributed by atoms with Gasteiger partial charge in [0.25, 0.3) is 11.8 Å². The molecule has 0 aliphatic rings. The lowest BCUT2D eigenvalue weighted by Crippen LogP contribution is -2.19. The second kappa shape index (κ2) is 4.47. The van der Waals surface area contributed by atoms with Crippen LogP contribution in [0, 0.1) is 6.92 Å². The van der Waals surface area contributed by atoms with Crippen molar-refractivity contribution in [2.75, 3.05) is 11.9 Å². The van der Waals surface area contributed by atoms with E-state index >= 15 is 0 Å². The number of nitrogens with zero attached hydrogens (tertiary/aromatic N) is 2. The maximum absolute atomic E-state index is 11.4. The predicted molar refractivity (Wildman–Crippen MR) is 54.0 cm³/mol. The number of carbonyl (C=O) groups excluding carboxylic acids is 1. The van der Waals surface area contributed by atoms with Gasteiger partial charge in [-0.1, -0.05) is 0 Å². The standard InChI is InChI=1S/C9H10N4O3/c1-6-2-9(13-16-6)15-5-8(14)12-7-3-10-11-4-7/h2-4H,5H2,1H3,(H,10,11)(H,12,14). The Bertz CT molecular complexity index is 463. The molecule has 0 radical (unpaired) electrons. The van der Waals surface area contributed by atoms with Gasteiger partial charge in [0, 0.05) is 12.3 Å². The zero-order chi connectivity index (χ0) is 11.4. The Labute approximate surface area is 90.8 Å². The van der Waals surface area contributed by atoms with Crippen LogP contribution in [-0.2, 0) is 4.79 Å². The molecule has 7 heteroatoms. The number of amides is 1. The molecule has 0 spiro atoms. The summed E-state index contributed by atoms with van der Waals surface area (Å²) in [5.41, 5.74) is 0.588. The zero-order valence-corrected chi connectivity index (χ0v) is 8.56. The summed E-state index contributed by atoms with van der Waals surface area (Å²) in [5.74, 6) is 0.632. The van der Waals surface area contributed by atoms with Crippen molar-refractivity contribution in [2.24, 2.45) is 0 Å². The third-order valence-electron chi connectivity index (χ3n) is 1.74. The molecule has 2 aromatic heterocycles. The van der Waals surface area contributed by atoms with Crippen LogP contribution in [0.25, 0.3) is 0 Å². The minimum atomic E-state index is -0.290. The number of nitrogens with one attached hydrogen (secondary N) is 2. The van der Waals surface area contributed by atoms with Crippen LogP contribution in [0.2, 0.25) is 0 Å². The number of rotatable bonds is 4. The van der Waals surface area contributed by atoms with Crippen LogP contribution in [-0.4, -0.2) is 27.9 Å². The number of H-pyrrole nitrogens is 1. The lowest BCUT2D eigenvalue weighted by Gasteiger charge is -2.01. The Morgan fingerprint density at radius 3 is 3.19 bits per heavy atom. The van der Waals surface area contributed by atoms with Gasteiger partial charge in [-0.15, -0.1) is 0 Å². The van der Waals surface area contributed by atoms with E-state index in [1.807, 2.05) is 0 Å². The van der Waals surface area contributed by atoms with E-state index in [1.165, 1.54) is 6.20 Å². The molecule has 0 aromatic carbocycles. The van der Waals surface area contributed by atoms with Crippen molar-refractivity contribution in [3.05, 3.63) is 24.2 Å². The maximum Gasteiger partial charge on any atom is 0.262 e. The average Bonchev–Trinajstić information content (AvgIpc) is 2.87. The molecule has 2 heterocycles. The summed E-state index contributed by atoms with van der Waals surface area (Å²) in [7, 11) is 0. The molecule has 0 aliphatic carbocycles. The molecule has 2 aromatic rings. The van der Waals surface area contributed by atoms with Gasteiger partial charge in [-0.05, 0) is 12.1 Å². The minimum Gasteiger partial charge on any atom is -0.465 e. The Balaban J connectivity index is 1.80. The van der Waals surface area contributed by atoms with Gasteiger partial charge in [-0.3, -0.25) is 9.89 Å². The highest BCUT2D eigenvalue weighted by atomic mass is 16.5. The van der Waals surface area contributed by atoms with Crippen molar-refractivity contribution in [1.29, 1.82) is 0 Å². The molecule has 2 N–H and O–H groups in total. The molecule has 0 aliphatic heterocycles. The number of hydrogen-bond donors (Lipinski definition) is 2. The quantitative estimate of drug-likeness (QED) is 0.795. The molecule has 0 saturated carbocycles. The van der Waals surface area contributed by atoms with E-state index in [0.29, 0.717) is 17.3 Å². The average molecular weight is 222 g/mol. The fourth-order valence-corrected chi connectivity index (χ4v) is 1.07. The van der Waals surface area contributed by atoms with Crippen LogP contribution in [0.15, 0.2) is 23.0 Å². The number of aryl methyl sites for hydroxylation is 1. The molecule has 7 nitrogen and oxygen atoms in total. The number of aromatic nitrogens is 3. The summed E-state index contributed by atoms with van der Waals surface area (Å²) >= 11 is 0. The van der Waals surface area contributed by atoms with Gasteiger partial charge >= 0.3 is 0 Å². The first-order valence-corrected chi connectivity index (χ1v) is 4.59. The number of aromatic amines is 1. The first-order valence-electron chi connectivity index (χ1n) is 4.59. The van der Waals surface area contributed by atoms with E-state index in [4.69, 9.17) is 9.26 Å². The van der Waals surface area contributed by atoms with Crippen molar-refractivity contribution >= 4 is 11.6 Å². The van der Waals surface area contributed by atoms with Gasteiger partial charge in [0.2, 0.25) is 0 Å². The van der Waals surface area contributed by atoms with E-state index in [2.05, 4.69) is 20.7 Å². The number of hydrogen-bond acceptors (Lipinski definition) is 5. The minimum absolute atomic E-state index is 0.128. The summed E-state index contributed by atoms with van der Waals surface area (Å²) in [6.07, 6.45) is 3.07. The summed E-state index contributed by atoms with van der Waals surface area (Å²) < 4.78 is 9.87. The smallest absolute Gasteiger partial charge is 0.262 e. The molecule has 2 rings (SSSR count). The highest BCUT2D eigenvalue weighted by Crippen LogP contribution is 2.09. The molecule has 0 saturated heterocycles. The maximum atomic E-state index is 11.4. The number of carbonyl (C=O) groups is 1. The lowest BCUT2D eigenvalue weighted by molar-refractivity contribution is -0.118. The lowest BCUT2D eigenvalue weighted by atomic mass is 10.5. The highest BCUT2D eigenvalue weighted by Gasteiger charge is 2.06. The molecule has 1 amide bonds. The number of anilines is 1. The van der Waals surface area contributed by atoms with E-state index < -0.39 is 0 Å². The van der Waals surface area contributed by atoms with Crippen molar-refractivity contribution in [1.82, 2.24) is 15.4 Å². The number of ether oxygens (including phenoxy) is 1. The topological polar surface area (TPSA) is 93.0 Å². The third-order valence-corrected chi connectivity index (χ3v) is 1.74. The van der Waals surface area contributed by atoms with Crippen LogP contribution in [0.1, 0.15) is 5.76 Å². The van der Waals surface area contributed by atoms with Gasteiger partial charge in [0.05, 0.1) is 11.9 Å². The van der Waals surface area contributed by atoms with Crippen LogP contribution in [0.4, 0.5) is 5.69 Å². The first-order chi connectivity index (χ1) is 7.74. The zero-order valence-electron chi connectivity index (χ0n) is 8.56. The second-order valence-electron chi connectivity index (χ2n) is 3.10. The third kappa shape index (κ3) is 2.59. The van der Waals surface area contributed by atoms with E-state index in [0.717, 1.165) is 0 Å². The Kier molecular flexibility index (Phi) is 2.86.